The van der Waals surface area contributed by atoms with Gasteiger partial charge in [-0.05, 0) is 26.2 Å². The maximum absolute atomic E-state index is 12.0. The third-order valence-electron chi connectivity index (χ3n) is 2.85. The highest BCUT2D eigenvalue weighted by Crippen LogP contribution is 2.07. The summed E-state index contributed by atoms with van der Waals surface area (Å²) in [4.78, 5) is 33.6. The van der Waals surface area contributed by atoms with Crippen molar-refractivity contribution in [2.75, 3.05) is 0 Å². The Balaban J connectivity index is 4.62. The second-order valence-corrected chi connectivity index (χ2v) is 5.11. The van der Waals surface area contributed by atoms with Gasteiger partial charge in [0.15, 0.2) is 0 Å². The Hall–Kier alpha value is -1.79. The van der Waals surface area contributed by atoms with Crippen LogP contribution in [0.1, 0.15) is 34.1 Å². The Morgan fingerprint density at radius 1 is 1.11 bits per heavy atom. The smallest absolute Gasteiger partial charge is 0.312 e. The van der Waals surface area contributed by atoms with Crippen molar-refractivity contribution in [2.24, 2.45) is 17.6 Å². The molecular weight excluding hydrogens is 250 g/mol. The van der Waals surface area contributed by atoms with Gasteiger partial charge >= 0.3 is 12.0 Å². The number of urea groups is 1. The van der Waals surface area contributed by atoms with Crippen molar-refractivity contribution in [2.45, 2.75) is 46.2 Å². The second kappa shape index (κ2) is 7.60. The Bertz CT molecular complexity index is 344. The summed E-state index contributed by atoms with van der Waals surface area (Å²) in [7, 11) is 0. The number of hydrogen-bond donors (Lipinski definition) is 4. The first-order valence-electron chi connectivity index (χ1n) is 6.24. The molecule has 0 aliphatic carbocycles. The fourth-order valence-corrected chi connectivity index (χ4v) is 1.54. The van der Waals surface area contributed by atoms with Crippen LogP contribution in [0.25, 0.3) is 0 Å². The van der Waals surface area contributed by atoms with E-state index in [9.17, 15) is 14.4 Å². The summed E-state index contributed by atoms with van der Waals surface area (Å²) in [5.41, 5.74) is 5.02. The maximum atomic E-state index is 12.0. The number of carboxylic acid groups (broad SMARTS) is 1. The normalized spacial score (nSPS) is 15.4. The SMILES string of the molecule is CC(C)CC(NC(N)=O)C(=O)NC(C)C(C)C(=O)O. The third kappa shape index (κ3) is 6.64. The summed E-state index contributed by atoms with van der Waals surface area (Å²) >= 11 is 0. The number of carbonyl (C=O) groups is 3. The maximum Gasteiger partial charge on any atom is 0.312 e. The quantitative estimate of drug-likeness (QED) is 0.532. The predicted octanol–water partition coefficient (Wildman–Crippen LogP) is 0.295. The molecule has 0 spiro atoms. The molecule has 0 saturated heterocycles. The highest BCUT2D eigenvalue weighted by molar-refractivity contribution is 5.87. The van der Waals surface area contributed by atoms with Gasteiger partial charge in [0.05, 0.1) is 5.92 Å². The lowest BCUT2D eigenvalue weighted by Gasteiger charge is -2.23. The minimum absolute atomic E-state index is 0.190. The number of carboxylic acids is 1. The van der Waals surface area contributed by atoms with Crippen LogP contribution in [0.4, 0.5) is 4.79 Å². The number of nitrogens with one attached hydrogen (secondary N) is 2. The fourth-order valence-electron chi connectivity index (χ4n) is 1.54. The molecule has 0 saturated carbocycles. The molecule has 3 unspecified atom stereocenters. The molecule has 0 fully saturated rings. The van der Waals surface area contributed by atoms with Crippen LogP contribution in [0.2, 0.25) is 0 Å². The first kappa shape index (κ1) is 17.2. The standard InChI is InChI=1S/C12H23N3O4/c1-6(2)5-9(15-12(13)19)10(16)14-8(4)7(3)11(17)18/h6-9H,5H2,1-4H3,(H,14,16)(H,17,18)(H3,13,15,19). The Morgan fingerprint density at radius 2 is 1.63 bits per heavy atom. The van der Waals surface area contributed by atoms with Crippen LogP contribution in [0, 0.1) is 11.8 Å². The zero-order valence-corrected chi connectivity index (χ0v) is 11.8. The van der Waals surface area contributed by atoms with Crippen molar-refractivity contribution in [1.82, 2.24) is 10.6 Å². The molecule has 0 aliphatic rings. The summed E-state index contributed by atoms with van der Waals surface area (Å²) in [5, 5.41) is 13.8. The highest BCUT2D eigenvalue weighted by atomic mass is 16.4. The number of primary amides is 1. The number of rotatable bonds is 7. The Morgan fingerprint density at radius 3 is 2.00 bits per heavy atom. The van der Waals surface area contributed by atoms with E-state index in [0.29, 0.717) is 6.42 Å². The Kier molecular flexibility index (Phi) is 6.89. The Labute approximate surface area is 112 Å². The molecule has 19 heavy (non-hydrogen) atoms. The van der Waals surface area contributed by atoms with Gasteiger partial charge in [0.1, 0.15) is 6.04 Å². The van der Waals surface area contributed by atoms with Crippen LogP contribution in [0.5, 0.6) is 0 Å². The van der Waals surface area contributed by atoms with Gasteiger partial charge in [-0.2, -0.15) is 0 Å². The average Bonchev–Trinajstić information content (AvgIpc) is 2.25. The lowest BCUT2D eigenvalue weighted by Crippen LogP contribution is -2.52. The van der Waals surface area contributed by atoms with Crippen LogP contribution >= 0.6 is 0 Å². The molecule has 0 aromatic carbocycles. The summed E-state index contributed by atoms with van der Waals surface area (Å²) in [5.74, 6) is -1.93. The molecule has 7 heteroatoms. The highest BCUT2D eigenvalue weighted by Gasteiger charge is 2.26. The molecule has 0 heterocycles. The molecular formula is C12H23N3O4. The summed E-state index contributed by atoms with van der Waals surface area (Å²) < 4.78 is 0. The van der Waals surface area contributed by atoms with Crippen molar-refractivity contribution in [3.05, 3.63) is 0 Å². The molecule has 0 aromatic heterocycles. The lowest BCUT2D eigenvalue weighted by atomic mass is 10.0. The summed E-state index contributed by atoms with van der Waals surface area (Å²) in [6.07, 6.45) is 0.433. The molecule has 0 aromatic rings. The third-order valence-corrected chi connectivity index (χ3v) is 2.85. The summed E-state index contributed by atoms with van der Waals surface area (Å²) in [6.45, 7) is 6.93. The minimum atomic E-state index is -0.990. The number of amides is 3. The van der Waals surface area contributed by atoms with Crippen molar-refractivity contribution in [3.63, 3.8) is 0 Å². The molecule has 0 bridgehead atoms. The largest absolute Gasteiger partial charge is 0.481 e. The van der Waals surface area contributed by atoms with E-state index in [1.165, 1.54) is 6.92 Å². The number of aliphatic carboxylic acids is 1. The van der Waals surface area contributed by atoms with E-state index in [1.807, 2.05) is 13.8 Å². The predicted molar refractivity (Wildman–Crippen MR) is 70.4 cm³/mol. The molecule has 0 rings (SSSR count). The van der Waals surface area contributed by atoms with Crippen LogP contribution < -0.4 is 16.4 Å². The first-order valence-corrected chi connectivity index (χ1v) is 6.24. The van der Waals surface area contributed by atoms with E-state index in [0.717, 1.165) is 0 Å². The van der Waals surface area contributed by atoms with E-state index in [-0.39, 0.29) is 5.92 Å². The van der Waals surface area contributed by atoms with Crippen molar-refractivity contribution in [3.8, 4) is 0 Å². The van der Waals surface area contributed by atoms with Crippen LogP contribution in [0.3, 0.4) is 0 Å². The van der Waals surface area contributed by atoms with Gasteiger partial charge in [0.25, 0.3) is 0 Å². The number of hydrogen-bond acceptors (Lipinski definition) is 3. The van der Waals surface area contributed by atoms with Gasteiger partial charge in [-0.25, -0.2) is 4.79 Å². The average molecular weight is 273 g/mol. The second-order valence-electron chi connectivity index (χ2n) is 5.11. The van der Waals surface area contributed by atoms with Gasteiger partial charge in [-0.15, -0.1) is 0 Å². The van der Waals surface area contributed by atoms with Crippen LogP contribution in [0.15, 0.2) is 0 Å². The zero-order chi connectivity index (χ0) is 15.2. The zero-order valence-electron chi connectivity index (χ0n) is 11.8. The van der Waals surface area contributed by atoms with Crippen molar-refractivity contribution >= 4 is 17.9 Å². The van der Waals surface area contributed by atoms with E-state index in [4.69, 9.17) is 10.8 Å². The van der Waals surface area contributed by atoms with Gasteiger partial charge in [0.2, 0.25) is 5.91 Å². The van der Waals surface area contributed by atoms with Crippen molar-refractivity contribution in [1.29, 1.82) is 0 Å². The van der Waals surface area contributed by atoms with E-state index < -0.39 is 35.9 Å². The van der Waals surface area contributed by atoms with E-state index in [2.05, 4.69) is 10.6 Å². The molecule has 5 N–H and O–H groups in total. The first-order chi connectivity index (χ1) is 8.65. The molecule has 0 radical (unpaired) electrons. The minimum Gasteiger partial charge on any atom is -0.481 e. The van der Waals surface area contributed by atoms with Gasteiger partial charge < -0.3 is 21.5 Å². The molecule has 110 valence electrons. The van der Waals surface area contributed by atoms with Gasteiger partial charge in [0, 0.05) is 6.04 Å². The van der Waals surface area contributed by atoms with Crippen molar-refractivity contribution < 1.29 is 19.5 Å². The molecule has 0 aliphatic heterocycles. The number of nitrogens with two attached hydrogens (primary N) is 1. The van der Waals surface area contributed by atoms with Gasteiger partial charge in [-0.1, -0.05) is 13.8 Å². The molecule has 7 nitrogen and oxygen atoms in total. The molecule has 3 amide bonds. The number of carbonyl (C=O) groups excluding carboxylic acids is 2. The molecule has 3 atom stereocenters. The van der Waals surface area contributed by atoms with Crippen LogP contribution in [-0.4, -0.2) is 35.1 Å². The van der Waals surface area contributed by atoms with E-state index in [1.54, 1.807) is 6.92 Å². The lowest BCUT2D eigenvalue weighted by molar-refractivity contribution is -0.142. The topological polar surface area (TPSA) is 122 Å². The van der Waals surface area contributed by atoms with Gasteiger partial charge in [-0.3, -0.25) is 9.59 Å². The van der Waals surface area contributed by atoms with Crippen LogP contribution in [-0.2, 0) is 9.59 Å². The monoisotopic (exact) mass is 273 g/mol. The van der Waals surface area contributed by atoms with E-state index >= 15 is 0 Å². The fraction of sp³-hybridized carbons (Fsp3) is 0.750. The summed E-state index contributed by atoms with van der Waals surface area (Å²) in [6, 6.07) is -2.06.